The van der Waals surface area contributed by atoms with Crippen LogP contribution in [0, 0.1) is 0 Å². The predicted molar refractivity (Wildman–Crippen MR) is 196 cm³/mol. The van der Waals surface area contributed by atoms with Crippen LogP contribution in [0.25, 0.3) is 10.4 Å². The summed E-state index contributed by atoms with van der Waals surface area (Å²) in [5.74, 6) is -0.151. The highest BCUT2D eigenvalue weighted by Gasteiger charge is 2.43. The van der Waals surface area contributed by atoms with Crippen molar-refractivity contribution in [3.8, 4) is 0 Å². The van der Waals surface area contributed by atoms with E-state index in [2.05, 4.69) is 88.1 Å². The second-order valence-electron chi connectivity index (χ2n) is 13.2. The molecule has 0 atom stereocenters. The molecule has 3 aromatic rings. The molecular weight excluding hydrogens is 637 g/mol. The van der Waals surface area contributed by atoms with Gasteiger partial charge >= 0.3 is 0 Å². The summed E-state index contributed by atoms with van der Waals surface area (Å²) in [4.78, 5) is 17.9. The van der Waals surface area contributed by atoms with Crippen LogP contribution in [0.1, 0.15) is 65.5 Å². The summed E-state index contributed by atoms with van der Waals surface area (Å²) in [5, 5.41) is 6.51. The number of carbonyl (C=O) groups is 1. The van der Waals surface area contributed by atoms with Crippen molar-refractivity contribution >= 4 is 44.5 Å². The molecule has 2 aliphatic rings. The number of amides is 1. The van der Waals surface area contributed by atoms with Crippen LogP contribution >= 0.6 is 0 Å². The molecule has 0 unspecified atom stereocenters. The summed E-state index contributed by atoms with van der Waals surface area (Å²) < 4.78 is 36.0. The highest BCUT2D eigenvalue weighted by Crippen LogP contribution is 2.48. The second kappa shape index (κ2) is 13.9. The summed E-state index contributed by atoms with van der Waals surface area (Å²) >= 11 is 0. The van der Waals surface area contributed by atoms with E-state index in [4.69, 9.17) is 5.53 Å². The van der Waals surface area contributed by atoms with E-state index in [1.54, 1.807) is 36.4 Å². The van der Waals surface area contributed by atoms with Crippen LogP contribution in [-0.4, -0.2) is 42.3 Å². The quantitative estimate of drug-likeness (QED) is 0.0521. The lowest BCUT2D eigenvalue weighted by Crippen LogP contribution is -2.27. The van der Waals surface area contributed by atoms with Gasteiger partial charge in [-0.1, -0.05) is 61.4 Å². The molecule has 10 nitrogen and oxygen atoms in total. The van der Waals surface area contributed by atoms with Crippen molar-refractivity contribution < 1.29 is 22.3 Å². The maximum atomic E-state index is 13.1. The van der Waals surface area contributed by atoms with E-state index in [1.165, 1.54) is 23.0 Å². The van der Waals surface area contributed by atoms with Gasteiger partial charge in [-0.25, -0.2) is 0 Å². The van der Waals surface area contributed by atoms with Gasteiger partial charge in [-0.2, -0.15) is 13.0 Å². The number of azide groups is 1. The molecule has 0 aromatic heterocycles. The second-order valence-corrected chi connectivity index (χ2v) is 14.6. The largest absolute Gasteiger partial charge is 0.344 e. The van der Waals surface area contributed by atoms with Crippen molar-refractivity contribution in [2.24, 2.45) is 5.11 Å². The molecule has 254 valence electrons. The fourth-order valence-corrected chi connectivity index (χ4v) is 7.38. The average Bonchev–Trinajstić information content (AvgIpc) is 3.42. The minimum absolute atomic E-state index is 0.132. The van der Waals surface area contributed by atoms with E-state index in [9.17, 15) is 17.8 Å². The lowest BCUT2D eigenvalue weighted by molar-refractivity contribution is -0.433. The fourth-order valence-electron chi connectivity index (χ4n) is 6.88. The molecule has 11 heteroatoms. The zero-order chi connectivity index (χ0) is 35.6. The van der Waals surface area contributed by atoms with Crippen molar-refractivity contribution in [1.29, 1.82) is 0 Å². The Hall–Kier alpha value is -4.96. The normalized spacial score (nSPS) is 17.3. The molecule has 0 spiro atoms. The number of fused-ring (bicyclic) bond motifs is 2. The molecule has 0 bridgehead atoms. The van der Waals surface area contributed by atoms with Crippen molar-refractivity contribution in [3.63, 3.8) is 0 Å². The van der Waals surface area contributed by atoms with Gasteiger partial charge in [-0.3, -0.25) is 9.35 Å². The number of hydrogen-bond acceptors (Lipinski definition) is 5. The van der Waals surface area contributed by atoms with Gasteiger partial charge in [0.15, 0.2) is 5.71 Å². The summed E-state index contributed by atoms with van der Waals surface area (Å²) in [6.07, 6.45) is 9.03. The van der Waals surface area contributed by atoms with Crippen LogP contribution in [0.5, 0.6) is 0 Å². The summed E-state index contributed by atoms with van der Waals surface area (Å²) in [6.45, 7) is 14.2. The van der Waals surface area contributed by atoms with Gasteiger partial charge in [0.25, 0.3) is 10.1 Å². The maximum Gasteiger partial charge on any atom is 0.294 e. The van der Waals surface area contributed by atoms with Crippen LogP contribution in [-0.2, 0) is 25.7 Å². The molecule has 0 saturated carbocycles. The Bertz CT molecular complexity index is 2070. The van der Waals surface area contributed by atoms with E-state index < -0.39 is 15.5 Å². The molecule has 5 rings (SSSR count). The van der Waals surface area contributed by atoms with Gasteiger partial charge in [-0.05, 0) is 87.2 Å². The molecule has 1 amide bonds. The third-order valence-electron chi connectivity index (χ3n) is 9.46. The number of carbonyl (C=O) groups excluding carboxylic acids is 1. The van der Waals surface area contributed by atoms with Crippen LogP contribution in [0.3, 0.4) is 0 Å². The first kappa shape index (κ1) is 35.3. The van der Waals surface area contributed by atoms with E-state index in [1.807, 2.05) is 26.8 Å². The lowest BCUT2D eigenvalue weighted by Gasteiger charge is -2.26. The summed E-state index contributed by atoms with van der Waals surface area (Å²) in [5.41, 5.74) is 16.2. The average molecular weight is 680 g/mol. The minimum Gasteiger partial charge on any atom is -0.344 e. The van der Waals surface area contributed by atoms with Gasteiger partial charge in [0.05, 0.1) is 10.3 Å². The van der Waals surface area contributed by atoms with E-state index >= 15 is 0 Å². The molecule has 0 fully saturated rings. The van der Waals surface area contributed by atoms with Crippen molar-refractivity contribution in [1.82, 2.24) is 0 Å². The van der Waals surface area contributed by atoms with Crippen LogP contribution < -0.4 is 10.2 Å². The fraction of sp³-hybridized carbons (Fsp3) is 0.316. The summed E-state index contributed by atoms with van der Waals surface area (Å²) in [7, 11) is -4.36. The molecule has 0 aliphatic carbocycles. The number of nitrogens with zero attached hydrogens (tertiary/aromatic N) is 5. The molecule has 49 heavy (non-hydrogen) atoms. The first-order valence-corrected chi connectivity index (χ1v) is 17.8. The Morgan fingerprint density at radius 1 is 1.00 bits per heavy atom. The molecule has 0 saturated heterocycles. The van der Waals surface area contributed by atoms with Crippen LogP contribution in [0.4, 0.5) is 22.7 Å². The van der Waals surface area contributed by atoms with Gasteiger partial charge < -0.3 is 10.2 Å². The SMILES string of the molecule is CCN1/C(=C/C=C(/C=C/C2=[N+](CC)c3ccccc3C2(C)C)CCC(=O)Nc2ccc(N=[N+]=[N-])cc2)C(C)(C)c2cc(S(=O)(=O)O)ccc21. The van der Waals surface area contributed by atoms with Crippen LogP contribution in [0.15, 0.2) is 112 Å². The first-order valence-electron chi connectivity index (χ1n) is 16.4. The summed E-state index contributed by atoms with van der Waals surface area (Å²) in [6, 6.07) is 19.9. The van der Waals surface area contributed by atoms with Crippen molar-refractivity contribution in [2.75, 3.05) is 23.3 Å². The van der Waals surface area contributed by atoms with Crippen molar-refractivity contribution in [2.45, 2.75) is 70.1 Å². The molecule has 2 N–H and O–H groups in total. The predicted octanol–water partition coefficient (Wildman–Crippen LogP) is 8.87. The number of likely N-dealkylation sites (N-methyl/N-ethyl adjacent to an activating group) is 1. The minimum atomic E-state index is -4.36. The monoisotopic (exact) mass is 679 g/mol. The van der Waals surface area contributed by atoms with E-state index in [0.717, 1.165) is 29.1 Å². The van der Waals surface area contributed by atoms with Crippen LogP contribution in [0.2, 0.25) is 0 Å². The number of benzene rings is 3. The number of allylic oxidation sites excluding steroid dienone is 6. The Morgan fingerprint density at radius 3 is 2.37 bits per heavy atom. The van der Waals surface area contributed by atoms with Gasteiger partial charge in [0, 0.05) is 63.8 Å². The molecule has 2 aliphatic heterocycles. The zero-order valence-corrected chi connectivity index (χ0v) is 29.6. The number of rotatable bonds is 11. The van der Waals surface area contributed by atoms with Gasteiger partial charge in [-0.15, -0.1) is 0 Å². The molecule has 3 aromatic carbocycles. The standard InChI is InChI=1S/C38H42N6O4S/c1-7-43-32-12-10-9-11-30(32)37(3,4)34(43)22-13-26(15-24-36(45)40-27-16-18-28(19-17-27)41-42-39)14-23-35-38(5,6)31-25-29(49(46,47)48)20-21-33(31)44(35)8-2/h9-14,16-23,25H,7-8,15,24H2,1-6H3,(H-,40,45,46,47,48)/p+1. The zero-order valence-electron chi connectivity index (χ0n) is 28.8. The van der Waals surface area contributed by atoms with Crippen molar-refractivity contribution in [3.05, 3.63) is 124 Å². The molecule has 0 radical (unpaired) electrons. The number of hydrogen-bond donors (Lipinski definition) is 2. The van der Waals surface area contributed by atoms with Gasteiger partial charge in [0.2, 0.25) is 11.6 Å². The molecular formula is C38H43N6O4S+. The van der Waals surface area contributed by atoms with E-state index in [0.29, 0.717) is 24.3 Å². The number of nitrogens with one attached hydrogen (secondary N) is 1. The Balaban J connectivity index is 1.50. The highest BCUT2D eigenvalue weighted by molar-refractivity contribution is 7.85. The van der Waals surface area contributed by atoms with E-state index in [-0.39, 0.29) is 22.6 Å². The topological polar surface area (TPSA) is 138 Å². The highest BCUT2D eigenvalue weighted by atomic mass is 32.2. The maximum absolute atomic E-state index is 13.1. The third kappa shape index (κ3) is 7.10. The van der Waals surface area contributed by atoms with Gasteiger partial charge in [0.1, 0.15) is 6.54 Å². The number of anilines is 2. The Labute approximate surface area is 288 Å². The Morgan fingerprint density at radius 2 is 1.71 bits per heavy atom. The first-order chi connectivity index (χ1) is 23.2. The Kier molecular flexibility index (Phi) is 10.0. The number of para-hydroxylation sites is 1. The molecule has 2 heterocycles. The lowest BCUT2D eigenvalue weighted by atomic mass is 9.81. The smallest absolute Gasteiger partial charge is 0.294 e. The third-order valence-corrected chi connectivity index (χ3v) is 10.3.